The first-order chi connectivity index (χ1) is 10.1. The molecule has 1 aliphatic rings. The highest BCUT2D eigenvalue weighted by atomic mass is 79.9. The average molecular weight is 356 g/mol. The van der Waals surface area contributed by atoms with Crippen molar-refractivity contribution in [1.29, 1.82) is 0 Å². The van der Waals surface area contributed by atoms with Gasteiger partial charge in [-0.1, -0.05) is 49.0 Å². The fraction of sp³-hybridized carbons (Fsp3) is 0.667. The van der Waals surface area contributed by atoms with Crippen LogP contribution in [-0.4, -0.2) is 12.6 Å². The van der Waals surface area contributed by atoms with Crippen LogP contribution < -0.4 is 5.32 Å². The second kappa shape index (κ2) is 8.28. The number of likely N-dealkylation sites (N-methyl/N-ethyl adjacent to an activating group) is 1. The van der Waals surface area contributed by atoms with E-state index in [2.05, 4.69) is 35.1 Å². The van der Waals surface area contributed by atoms with Crippen molar-refractivity contribution in [2.45, 2.75) is 58.4 Å². The fourth-order valence-electron chi connectivity index (χ4n) is 3.60. The molecule has 1 fully saturated rings. The van der Waals surface area contributed by atoms with Gasteiger partial charge in [0, 0.05) is 10.5 Å². The Balaban J connectivity index is 2.03. The molecule has 0 heterocycles. The van der Waals surface area contributed by atoms with Gasteiger partial charge in [0.2, 0.25) is 0 Å². The molecule has 0 amide bonds. The third-order valence-corrected chi connectivity index (χ3v) is 5.44. The molecule has 1 aromatic rings. The lowest BCUT2D eigenvalue weighted by Gasteiger charge is -2.34. The zero-order chi connectivity index (χ0) is 15.2. The van der Waals surface area contributed by atoms with Crippen molar-refractivity contribution in [2.75, 3.05) is 6.54 Å². The first-order valence-corrected chi connectivity index (χ1v) is 9.10. The SMILES string of the molecule is CCNC(Cc1cc(Br)ccc1F)C1CCC(CC)CC1. The van der Waals surface area contributed by atoms with Crippen molar-refractivity contribution in [1.82, 2.24) is 5.32 Å². The zero-order valence-electron chi connectivity index (χ0n) is 13.2. The van der Waals surface area contributed by atoms with Gasteiger partial charge in [0.05, 0.1) is 0 Å². The van der Waals surface area contributed by atoms with Gasteiger partial charge in [0.1, 0.15) is 5.82 Å². The van der Waals surface area contributed by atoms with E-state index in [1.165, 1.54) is 32.1 Å². The van der Waals surface area contributed by atoms with E-state index in [4.69, 9.17) is 0 Å². The molecule has 1 unspecified atom stereocenters. The molecular weight excluding hydrogens is 329 g/mol. The molecule has 0 aromatic heterocycles. The third kappa shape index (κ3) is 4.79. The second-order valence-electron chi connectivity index (χ2n) is 6.29. The number of hydrogen-bond acceptors (Lipinski definition) is 1. The van der Waals surface area contributed by atoms with Crippen LogP contribution in [0.4, 0.5) is 4.39 Å². The third-order valence-electron chi connectivity index (χ3n) is 4.95. The lowest BCUT2D eigenvalue weighted by atomic mass is 9.76. The normalized spacial score (nSPS) is 24.0. The van der Waals surface area contributed by atoms with E-state index in [0.717, 1.165) is 28.9 Å². The Morgan fingerprint density at radius 1 is 1.24 bits per heavy atom. The van der Waals surface area contributed by atoms with E-state index < -0.39 is 0 Å². The highest BCUT2D eigenvalue weighted by Gasteiger charge is 2.27. The summed E-state index contributed by atoms with van der Waals surface area (Å²) in [7, 11) is 0. The van der Waals surface area contributed by atoms with Gasteiger partial charge in [-0.2, -0.15) is 0 Å². The summed E-state index contributed by atoms with van der Waals surface area (Å²) in [4.78, 5) is 0. The van der Waals surface area contributed by atoms with E-state index >= 15 is 0 Å². The molecule has 0 spiro atoms. The first kappa shape index (κ1) is 17.0. The number of hydrogen-bond donors (Lipinski definition) is 1. The predicted molar refractivity (Wildman–Crippen MR) is 91.0 cm³/mol. The van der Waals surface area contributed by atoms with Crippen molar-refractivity contribution in [3.05, 3.63) is 34.1 Å². The van der Waals surface area contributed by atoms with Gasteiger partial charge in [-0.25, -0.2) is 4.39 Å². The minimum atomic E-state index is -0.0802. The Kier molecular flexibility index (Phi) is 6.69. The van der Waals surface area contributed by atoms with Gasteiger partial charge in [0.25, 0.3) is 0 Å². The van der Waals surface area contributed by atoms with E-state index in [1.807, 2.05) is 6.07 Å². The van der Waals surface area contributed by atoms with Crippen molar-refractivity contribution >= 4 is 15.9 Å². The van der Waals surface area contributed by atoms with Crippen LogP contribution in [0, 0.1) is 17.7 Å². The Labute approximate surface area is 136 Å². The minimum Gasteiger partial charge on any atom is -0.314 e. The molecule has 1 aliphatic carbocycles. The number of halogens is 2. The lowest BCUT2D eigenvalue weighted by Crippen LogP contribution is -2.40. The zero-order valence-corrected chi connectivity index (χ0v) is 14.8. The van der Waals surface area contributed by atoms with Crippen molar-refractivity contribution in [3.8, 4) is 0 Å². The molecule has 0 aliphatic heterocycles. The summed E-state index contributed by atoms with van der Waals surface area (Å²) in [6, 6.07) is 5.66. The molecular formula is C18H27BrFN. The lowest BCUT2D eigenvalue weighted by molar-refractivity contribution is 0.217. The van der Waals surface area contributed by atoms with Gasteiger partial charge < -0.3 is 5.32 Å². The molecule has 3 heteroatoms. The maximum absolute atomic E-state index is 14.0. The van der Waals surface area contributed by atoms with Crippen LogP contribution in [0.25, 0.3) is 0 Å². The maximum atomic E-state index is 14.0. The van der Waals surface area contributed by atoms with E-state index in [1.54, 1.807) is 12.1 Å². The maximum Gasteiger partial charge on any atom is 0.126 e. The van der Waals surface area contributed by atoms with Crippen LogP contribution in [0.2, 0.25) is 0 Å². The van der Waals surface area contributed by atoms with E-state index in [9.17, 15) is 4.39 Å². The standard InChI is InChI=1S/C18H27BrFN/c1-3-13-5-7-14(8-6-13)18(21-4-2)12-15-11-16(19)9-10-17(15)20/h9-11,13-14,18,21H,3-8,12H2,1-2H3. The molecule has 0 bridgehead atoms. The van der Waals surface area contributed by atoms with Gasteiger partial charge in [-0.3, -0.25) is 0 Å². The predicted octanol–water partition coefficient (Wildman–Crippen LogP) is 5.33. The van der Waals surface area contributed by atoms with Crippen molar-refractivity contribution < 1.29 is 4.39 Å². The smallest absolute Gasteiger partial charge is 0.126 e. The summed E-state index contributed by atoms with van der Waals surface area (Å²) in [5.74, 6) is 1.51. The summed E-state index contributed by atoms with van der Waals surface area (Å²) < 4.78 is 15.0. The Morgan fingerprint density at radius 2 is 1.95 bits per heavy atom. The molecule has 0 radical (unpaired) electrons. The van der Waals surface area contributed by atoms with Crippen LogP contribution in [-0.2, 0) is 6.42 Å². The second-order valence-corrected chi connectivity index (χ2v) is 7.21. The summed E-state index contributed by atoms with van der Waals surface area (Å²) in [6.45, 7) is 5.39. The monoisotopic (exact) mass is 355 g/mol. The van der Waals surface area contributed by atoms with E-state index in [-0.39, 0.29) is 5.82 Å². The Hall–Kier alpha value is -0.410. The minimum absolute atomic E-state index is 0.0802. The van der Waals surface area contributed by atoms with Crippen molar-refractivity contribution in [2.24, 2.45) is 11.8 Å². The average Bonchev–Trinajstić information content (AvgIpc) is 2.50. The molecule has 1 saturated carbocycles. The van der Waals surface area contributed by atoms with Crippen LogP contribution >= 0.6 is 15.9 Å². The highest BCUT2D eigenvalue weighted by Crippen LogP contribution is 2.33. The number of nitrogens with one attached hydrogen (secondary N) is 1. The largest absolute Gasteiger partial charge is 0.314 e. The molecule has 1 nitrogen and oxygen atoms in total. The quantitative estimate of drug-likeness (QED) is 0.727. The Bertz CT molecular complexity index is 441. The molecule has 118 valence electrons. The van der Waals surface area contributed by atoms with Crippen LogP contribution in [0.5, 0.6) is 0 Å². The van der Waals surface area contributed by atoms with Gasteiger partial charge >= 0.3 is 0 Å². The van der Waals surface area contributed by atoms with Gasteiger partial charge in [-0.15, -0.1) is 0 Å². The molecule has 1 N–H and O–H groups in total. The molecule has 2 rings (SSSR count). The van der Waals surface area contributed by atoms with Crippen LogP contribution in [0.3, 0.4) is 0 Å². The molecule has 21 heavy (non-hydrogen) atoms. The summed E-state index contributed by atoms with van der Waals surface area (Å²) >= 11 is 3.45. The molecule has 1 aromatic carbocycles. The van der Waals surface area contributed by atoms with Gasteiger partial charge in [0.15, 0.2) is 0 Å². The highest BCUT2D eigenvalue weighted by molar-refractivity contribution is 9.10. The summed E-state index contributed by atoms with van der Waals surface area (Å²) in [5.41, 5.74) is 0.827. The number of benzene rings is 1. The fourth-order valence-corrected chi connectivity index (χ4v) is 4.01. The first-order valence-electron chi connectivity index (χ1n) is 8.31. The van der Waals surface area contributed by atoms with E-state index in [0.29, 0.717) is 12.0 Å². The van der Waals surface area contributed by atoms with Gasteiger partial charge in [-0.05, 0) is 61.4 Å². The Morgan fingerprint density at radius 3 is 2.57 bits per heavy atom. The van der Waals surface area contributed by atoms with Crippen molar-refractivity contribution in [3.63, 3.8) is 0 Å². The van der Waals surface area contributed by atoms with Crippen LogP contribution in [0.15, 0.2) is 22.7 Å². The van der Waals surface area contributed by atoms with Crippen LogP contribution in [0.1, 0.15) is 51.5 Å². The number of rotatable bonds is 6. The topological polar surface area (TPSA) is 12.0 Å². The summed E-state index contributed by atoms with van der Waals surface area (Å²) in [5, 5.41) is 3.60. The summed E-state index contributed by atoms with van der Waals surface area (Å²) in [6.07, 6.45) is 7.34. The molecule has 1 atom stereocenters. The molecule has 0 saturated heterocycles.